The van der Waals surface area contributed by atoms with Gasteiger partial charge in [-0.25, -0.2) is 0 Å². The van der Waals surface area contributed by atoms with Gasteiger partial charge in [0.1, 0.15) is 12.1 Å². The largest absolute Gasteiger partial charge is 0.370 e. The Balaban J connectivity index is 1.83. The van der Waals surface area contributed by atoms with Crippen LogP contribution in [0, 0.1) is 0 Å². The van der Waals surface area contributed by atoms with Crippen molar-refractivity contribution in [2.24, 2.45) is 22.2 Å². The number of primary amides is 1. The van der Waals surface area contributed by atoms with Crippen molar-refractivity contribution in [2.75, 3.05) is 24.5 Å². The minimum absolute atomic E-state index is 0.0612. The summed E-state index contributed by atoms with van der Waals surface area (Å²) in [4.78, 5) is 33.7. The number of carbonyl (C=O) groups excluding carboxylic acids is 2. The average molecular weight is 438 g/mol. The molecule has 1 aromatic carbocycles. The van der Waals surface area contributed by atoms with Crippen molar-refractivity contribution in [3.63, 3.8) is 0 Å². The Hall–Kier alpha value is -2.50. The van der Waals surface area contributed by atoms with Crippen LogP contribution in [0.3, 0.4) is 0 Å². The lowest BCUT2D eigenvalue weighted by molar-refractivity contribution is -0.128. The standard InChI is InChI=1S/C19H31N7O3S/c1-19(2)15(24-11-30-19)17(28)25-14(16(20)27)10-12-4-6-13(7-5-12)26-29-9-3-8-23-18(21)22/h4-7,14-15,24,26H,3,8-11H2,1-2H3,(H2,20,27)(H,25,28)(H4,21,22,23). The highest BCUT2D eigenvalue weighted by molar-refractivity contribution is 8.00. The van der Waals surface area contributed by atoms with Crippen molar-refractivity contribution >= 4 is 35.2 Å². The number of carbonyl (C=O) groups is 2. The van der Waals surface area contributed by atoms with Crippen molar-refractivity contribution in [1.82, 2.24) is 10.6 Å². The van der Waals surface area contributed by atoms with Gasteiger partial charge in [0, 0.05) is 23.6 Å². The Bertz CT molecular complexity index is 751. The van der Waals surface area contributed by atoms with Crippen molar-refractivity contribution in [3.8, 4) is 0 Å². The van der Waals surface area contributed by atoms with Gasteiger partial charge in [0.15, 0.2) is 5.96 Å². The molecule has 0 aromatic heterocycles. The number of rotatable bonds is 11. The van der Waals surface area contributed by atoms with E-state index in [-0.39, 0.29) is 22.7 Å². The van der Waals surface area contributed by atoms with Crippen molar-refractivity contribution in [1.29, 1.82) is 0 Å². The number of thioether (sulfide) groups is 1. The van der Waals surface area contributed by atoms with Crippen LogP contribution in [0.15, 0.2) is 29.3 Å². The zero-order valence-corrected chi connectivity index (χ0v) is 18.1. The molecule has 166 valence electrons. The number of amides is 2. The summed E-state index contributed by atoms with van der Waals surface area (Å²) in [5.74, 6) is -0.0395. The second-order valence-corrected chi connectivity index (χ2v) is 9.13. The van der Waals surface area contributed by atoms with Crippen LogP contribution < -0.4 is 33.3 Å². The molecule has 2 amide bonds. The Morgan fingerprint density at radius 2 is 2.00 bits per heavy atom. The van der Waals surface area contributed by atoms with Crippen LogP contribution in [0.1, 0.15) is 25.8 Å². The maximum Gasteiger partial charge on any atom is 0.240 e. The third kappa shape index (κ3) is 7.39. The first-order valence-corrected chi connectivity index (χ1v) is 10.7. The highest BCUT2D eigenvalue weighted by Crippen LogP contribution is 2.33. The van der Waals surface area contributed by atoms with Crippen molar-refractivity contribution in [2.45, 2.75) is 43.5 Å². The van der Waals surface area contributed by atoms with E-state index in [0.29, 0.717) is 31.9 Å². The molecule has 0 spiro atoms. The molecule has 2 unspecified atom stereocenters. The monoisotopic (exact) mass is 437 g/mol. The summed E-state index contributed by atoms with van der Waals surface area (Å²) in [5, 5.41) is 5.94. The molecule has 30 heavy (non-hydrogen) atoms. The maximum absolute atomic E-state index is 12.6. The molecule has 2 rings (SSSR count). The van der Waals surface area contributed by atoms with E-state index in [0.717, 1.165) is 11.3 Å². The molecular formula is C19H31N7O3S. The molecular weight excluding hydrogens is 406 g/mol. The second kappa shape index (κ2) is 11.0. The molecule has 1 heterocycles. The SMILES string of the molecule is CC1(C)SCNC1C(=O)NC(Cc1ccc(NOCCCN=C(N)N)cc1)C(N)=O. The number of hydrogen-bond donors (Lipinski definition) is 6. The molecule has 1 aliphatic heterocycles. The van der Waals surface area contributed by atoms with E-state index in [2.05, 4.69) is 21.1 Å². The van der Waals surface area contributed by atoms with Crippen LogP contribution in [0.25, 0.3) is 0 Å². The van der Waals surface area contributed by atoms with Gasteiger partial charge in [-0.1, -0.05) is 12.1 Å². The lowest BCUT2D eigenvalue weighted by Crippen LogP contribution is -2.55. The Morgan fingerprint density at radius 1 is 1.30 bits per heavy atom. The number of benzene rings is 1. The molecule has 0 radical (unpaired) electrons. The normalized spacial score (nSPS) is 18.4. The number of nitrogens with one attached hydrogen (secondary N) is 3. The number of nitrogens with two attached hydrogens (primary N) is 3. The van der Waals surface area contributed by atoms with Crippen LogP contribution >= 0.6 is 11.8 Å². The smallest absolute Gasteiger partial charge is 0.240 e. The molecule has 2 atom stereocenters. The van der Waals surface area contributed by atoms with Crippen molar-refractivity contribution < 1.29 is 14.4 Å². The molecule has 1 saturated heterocycles. The first kappa shape index (κ1) is 23.8. The van der Waals surface area contributed by atoms with Gasteiger partial charge < -0.3 is 22.5 Å². The van der Waals surface area contributed by atoms with E-state index in [1.807, 2.05) is 38.1 Å². The number of guanidine groups is 1. The van der Waals surface area contributed by atoms with Gasteiger partial charge in [0.2, 0.25) is 11.8 Å². The minimum atomic E-state index is -0.786. The van der Waals surface area contributed by atoms with Crippen LogP contribution in [-0.4, -0.2) is 53.6 Å². The Labute approximate surface area is 180 Å². The zero-order chi connectivity index (χ0) is 22.1. The van der Waals surface area contributed by atoms with Gasteiger partial charge in [0.05, 0.1) is 12.3 Å². The van der Waals surface area contributed by atoms with E-state index in [4.69, 9.17) is 22.0 Å². The first-order valence-electron chi connectivity index (χ1n) is 9.68. The summed E-state index contributed by atoms with van der Waals surface area (Å²) in [5.41, 5.74) is 20.5. The van der Waals surface area contributed by atoms with E-state index in [1.165, 1.54) is 0 Å². The summed E-state index contributed by atoms with van der Waals surface area (Å²) in [6.07, 6.45) is 0.981. The highest BCUT2D eigenvalue weighted by Gasteiger charge is 2.40. The van der Waals surface area contributed by atoms with Crippen LogP contribution in [0.5, 0.6) is 0 Å². The van der Waals surface area contributed by atoms with E-state index >= 15 is 0 Å². The molecule has 0 bridgehead atoms. The van der Waals surface area contributed by atoms with Gasteiger partial charge in [-0.15, -0.1) is 11.8 Å². The maximum atomic E-state index is 12.6. The average Bonchev–Trinajstić information content (AvgIpc) is 3.04. The third-order valence-electron chi connectivity index (χ3n) is 4.63. The minimum Gasteiger partial charge on any atom is -0.370 e. The van der Waals surface area contributed by atoms with Crippen molar-refractivity contribution in [3.05, 3.63) is 29.8 Å². The fraction of sp³-hybridized carbons (Fsp3) is 0.526. The van der Waals surface area contributed by atoms with E-state index in [1.54, 1.807) is 11.8 Å². The van der Waals surface area contributed by atoms with Gasteiger partial charge in [-0.05, 0) is 38.0 Å². The van der Waals surface area contributed by atoms with Crippen LogP contribution in [0.2, 0.25) is 0 Å². The molecule has 1 aliphatic rings. The number of aliphatic imine (C=N–C) groups is 1. The molecule has 0 saturated carbocycles. The quantitative estimate of drug-likeness (QED) is 0.118. The molecule has 0 aliphatic carbocycles. The predicted molar refractivity (Wildman–Crippen MR) is 120 cm³/mol. The summed E-state index contributed by atoms with van der Waals surface area (Å²) in [6, 6.07) is 6.18. The lowest BCUT2D eigenvalue weighted by Gasteiger charge is -2.26. The molecule has 9 N–H and O–H groups in total. The molecule has 1 aromatic rings. The van der Waals surface area contributed by atoms with E-state index in [9.17, 15) is 9.59 Å². The topological polar surface area (TPSA) is 170 Å². The number of nitrogens with zero attached hydrogens (tertiary/aromatic N) is 1. The fourth-order valence-corrected chi connectivity index (χ4v) is 3.93. The number of anilines is 1. The van der Waals surface area contributed by atoms with Crippen LogP contribution in [0.4, 0.5) is 5.69 Å². The highest BCUT2D eigenvalue weighted by atomic mass is 32.2. The van der Waals surface area contributed by atoms with Crippen LogP contribution in [-0.2, 0) is 20.8 Å². The van der Waals surface area contributed by atoms with Gasteiger partial charge in [0.25, 0.3) is 0 Å². The molecule has 10 nitrogen and oxygen atoms in total. The predicted octanol–water partition coefficient (Wildman–Crippen LogP) is -0.353. The third-order valence-corrected chi connectivity index (χ3v) is 5.92. The summed E-state index contributed by atoms with van der Waals surface area (Å²) >= 11 is 1.66. The molecule has 1 fully saturated rings. The van der Waals surface area contributed by atoms with Gasteiger partial charge in [-0.2, -0.15) is 0 Å². The van der Waals surface area contributed by atoms with Gasteiger partial charge >= 0.3 is 0 Å². The summed E-state index contributed by atoms with van der Waals surface area (Å²) < 4.78 is -0.247. The summed E-state index contributed by atoms with van der Waals surface area (Å²) in [6.45, 7) is 4.93. The van der Waals surface area contributed by atoms with E-state index < -0.39 is 11.9 Å². The fourth-order valence-electron chi connectivity index (χ4n) is 2.95. The second-order valence-electron chi connectivity index (χ2n) is 7.50. The first-order chi connectivity index (χ1) is 14.2. The summed E-state index contributed by atoms with van der Waals surface area (Å²) in [7, 11) is 0. The van der Waals surface area contributed by atoms with Gasteiger partial charge in [-0.3, -0.25) is 30.2 Å². The zero-order valence-electron chi connectivity index (χ0n) is 17.3. The Morgan fingerprint density at radius 3 is 2.57 bits per heavy atom. The molecule has 11 heteroatoms. The lowest BCUT2D eigenvalue weighted by atomic mass is 10.0. The number of hydrogen-bond acceptors (Lipinski definition) is 7. The Kier molecular flexibility index (Phi) is 8.75.